The summed E-state index contributed by atoms with van der Waals surface area (Å²) in [7, 11) is 1.07. The molecule has 0 bridgehead atoms. The van der Waals surface area contributed by atoms with Gasteiger partial charge in [0.15, 0.2) is 5.75 Å². The number of methoxy groups -OCH3 is 1. The number of ether oxygens (including phenoxy) is 2. The van der Waals surface area contributed by atoms with E-state index in [4.69, 9.17) is 5.11 Å². The molecule has 0 saturated carbocycles. The summed E-state index contributed by atoms with van der Waals surface area (Å²) in [6, 6.07) is 1.10. The molecule has 1 N–H and O–H groups in total. The first kappa shape index (κ1) is 13.5. The summed E-state index contributed by atoms with van der Waals surface area (Å²) in [5.74, 6) is -1.36. The van der Waals surface area contributed by atoms with E-state index in [1.54, 1.807) is 0 Å². The highest BCUT2D eigenvalue weighted by Crippen LogP contribution is 2.34. The summed E-state index contributed by atoms with van der Waals surface area (Å²) in [6.45, 7) is -1.70. The number of aliphatic hydroxyl groups excluding tert-OH is 1. The average molecular weight is 255 g/mol. The van der Waals surface area contributed by atoms with Crippen molar-refractivity contribution >= 4 is 0 Å². The molecule has 0 aliphatic heterocycles. The van der Waals surface area contributed by atoms with Crippen LogP contribution in [0.3, 0.4) is 0 Å². The molecule has 1 aromatic rings. The van der Waals surface area contributed by atoms with Gasteiger partial charge in [-0.25, -0.2) is 9.37 Å². The van der Waals surface area contributed by atoms with Crippen molar-refractivity contribution in [3.05, 3.63) is 17.3 Å². The van der Waals surface area contributed by atoms with E-state index >= 15 is 0 Å². The number of pyridine rings is 1. The van der Waals surface area contributed by atoms with Gasteiger partial charge in [0.05, 0.1) is 19.4 Å². The highest BCUT2D eigenvalue weighted by molar-refractivity contribution is 5.43. The lowest BCUT2D eigenvalue weighted by Gasteiger charge is -2.14. The summed E-state index contributed by atoms with van der Waals surface area (Å²) in [5.41, 5.74) is -0.316. The van der Waals surface area contributed by atoms with Crippen LogP contribution >= 0.6 is 0 Å². The monoisotopic (exact) mass is 255 g/mol. The van der Waals surface area contributed by atoms with Crippen molar-refractivity contribution < 1.29 is 32.1 Å². The second-order valence-electron chi connectivity index (χ2n) is 2.95. The van der Waals surface area contributed by atoms with E-state index in [1.807, 2.05) is 0 Å². The Balaban J connectivity index is 3.24. The maximum atomic E-state index is 12.6. The highest BCUT2D eigenvalue weighted by Gasteiger charge is 2.34. The molecule has 1 aromatic heterocycles. The number of aromatic nitrogens is 1. The van der Waals surface area contributed by atoms with E-state index in [0.29, 0.717) is 0 Å². The molecule has 0 fully saturated rings. The second-order valence-corrected chi connectivity index (χ2v) is 2.95. The molecule has 0 aromatic carbocycles. The predicted octanol–water partition coefficient (Wildman–Crippen LogP) is 1.95. The number of hydrogen-bond acceptors (Lipinski definition) is 4. The van der Waals surface area contributed by atoms with E-state index in [-0.39, 0.29) is 11.3 Å². The fourth-order valence-corrected chi connectivity index (χ4v) is 1.19. The molecule has 0 saturated heterocycles. The van der Waals surface area contributed by atoms with Gasteiger partial charge in [0.2, 0.25) is 0 Å². The van der Waals surface area contributed by atoms with Gasteiger partial charge >= 0.3 is 6.36 Å². The lowest BCUT2D eigenvalue weighted by atomic mass is 10.2. The number of rotatable bonds is 4. The minimum atomic E-state index is -4.97. The summed E-state index contributed by atoms with van der Waals surface area (Å²) in [4.78, 5) is 3.37. The third-order valence-electron chi connectivity index (χ3n) is 1.79. The van der Waals surface area contributed by atoms with Crippen LogP contribution in [0, 0.1) is 0 Å². The summed E-state index contributed by atoms with van der Waals surface area (Å²) in [5, 5.41) is 8.78. The molecule has 0 unspecified atom stereocenters. The van der Waals surface area contributed by atoms with E-state index in [1.165, 1.54) is 0 Å². The van der Waals surface area contributed by atoms with Crippen molar-refractivity contribution in [1.29, 1.82) is 0 Å². The van der Waals surface area contributed by atoms with Gasteiger partial charge in [-0.1, -0.05) is 0 Å². The topological polar surface area (TPSA) is 51.6 Å². The van der Waals surface area contributed by atoms with Gasteiger partial charge in [-0.05, 0) is 6.07 Å². The van der Waals surface area contributed by atoms with E-state index in [9.17, 15) is 17.6 Å². The summed E-state index contributed by atoms with van der Waals surface area (Å²) >= 11 is 0. The normalized spacial score (nSPS) is 11.4. The Bertz CT molecular complexity index is 395. The highest BCUT2D eigenvalue weighted by atomic mass is 19.4. The van der Waals surface area contributed by atoms with Crippen LogP contribution in [0.15, 0.2) is 6.07 Å². The van der Waals surface area contributed by atoms with Crippen molar-refractivity contribution in [3.8, 4) is 11.6 Å². The number of aliphatic hydroxyl groups is 1. The Morgan fingerprint density at radius 2 is 2.06 bits per heavy atom. The molecular formula is C9H9F4NO3. The Hall–Kier alpha value is -1.57. The van der Waals surface area contributed by atoms with Gasteiger partial charge in [0.25, 0.3) is 5.88 Å². The van der Waals surface area contributed by atoms with Gasteiger partial charge in [-0.2, -0.15) is 0 Å². The molecule has 96 valence electrons. The van der Waals surface area contributed by atoms with Gasteiger partial charge in [-0.15, -0.1) is 13.2 Å². The van der Waals surface area contributed by atoms with E-state index < -0.39 is 31.3 Å². The van der Waals surface area contributed by atoms with E-state index in [0.717, 1.165) is 13.2 Å². The fraction of sp³-hybridized carbons (Fsp3) is 0.444. The molecule has 4 nitrogen and oxygen atoms in total. The Morgan fingerprint density at radius 3 is 2.47 bits per heavy atom. The van der Waals surface area contributed by atoms with Gasteiger partial charge in [-0.3, -0.25) is 0 Å². The first-order valence-corrected chi connectivity index (χ1v) is 4.40. The van der Waals surface area contributed by atoms with Crippen molar-refractivity contribution in [2.45, 2.75) is 19.6 Å². The maximum absolute atomic E-state index is 12.6. The molecule has 0 aliphatic rings. The van der Waals surface area contributed by atoms with Crippen molar-refractivity contribution in [2.75, 3.05) is 7.11 Å². The standard InChI is InChI=1S/C9H9F4NO3/c1-16-7-5(3-10)2-6(4-15)14-8(7)17-9(11,12)13/h2,15H,3-4H2,1H3. The zero-order valence-corrected chi connectivity index (χ0v) is 8.71. The molecule has 0 atom stereocenters. The lowest BCUT2D eigenvalue weighted by Crippen LogP contribution is -2.19. The third kappa shape index (κ3) is 3.45. The zero-order valence-electron chi connectivity index (χ0n) is 8.71. The van der Waals surface area contributed by atoms with Crippen LogP contribution in [0.1, 0.15) is 11.3 Å². The van der Waals surface area contributed by atoms with Crippen molar-refractivity contribution in [2.24, 2.45) is 0 Å². The van der Waals surface area contributed by atoms with E-state index in [2.05, 4.69) is 14.5 Å². The number of alkyl halides is 4. The number of nitrogens with zero attached hydrogens (tertiary/aromatic N) is 1. The van der Waals surface area contributed by atoms with Gasteiger partial charge in [0.1, 0.15) is 6.67 Å². The fourth-order valence-electron chi connectivity index (χ4n) is 1.19. The predicted molar refractivity (Wildman–Crippen MR) is 48.2 cm³/mol. The van der Waals surface area contributed by atoms with Crippen LogP contribution in [0.2, 0.25) is 0 Å². The molecule has 1 heterocycles. The Labute approximate surface area is 93.8 Å². The van der Waals surface area contributed by atoms with Crippen LogP contribution in [-0.4, -0.2) is 23.6 Å². The maximum Gasteiger partial charge on any atom is 0.574 e. The minimum Gasteiger partial charge on any atom is -0.491 e. The van der Waals surface area contributed by atoms with Crippen LogP contribution in [0.25, 0.3) is 0 Å². The second kappa shape index (κ2) is 5.17. The molecule has 0 spiro atoms. The molecular weight excluding hydrogens is 246 g/mol. The van der Waals surface area contributed by atoms with Crippen LogP contribution in [0.5, 0.6) is 11.6 Å². The average Bonchev–Trinajstić information content (AvgIpc) is 2.25. The third-order valence-corrected chi connectivity index (χ3v) is 1.79. The molecule has 0 amide bonds. The summed E-state index contributed by atoms with van der Waals surface area (Å²) in [6.07, 6.45) is -4.97. The van der Waals surface area contributed by atoms with Crippen LogP contribution in [0.4, 0.5) is 17.6 Å². The van der Waals surface area contributed by atoms with Crippen LogP contribution < -0.4 is 9.47 Å². The van der Waals surface area contributed by atoms with Crippen molar-refractivity contribution in [3.63, 3.8) is 0 Å². The molecule has 17 heavy (non-hydrogen) atoms. The van der Waals surface area contributed by atoms with Gasteiger partial charge < -0.3 is 14.6 Å². The minimum absolute atomic E-state index is 0.141. The quantitative estimate of drug-likeness (QED) is 0.835. The van der Waals surface area contributed by atoms with Gasteiger partial charge in [0, 0.05) is 5.56 Å². The molecule has 0 aliphatic carbocycles. The number of halogens is 4. The molecule has 8 heteroatoms. The zero-order chi connectivity index (χ0) is 13.1. The molecule has 1 rings (SSSR count). The Morgan fingerprint density at radius 1 is 1.41 bits per heavy atom. The van der Waals surface area contributed by atoms with Crippen LogP contribution in [-0.2, 0) is 13.3 Å². The molecule has 0 radical (unpaired) electrons. The smallest absolute Gasteiger partial charge is 0.491 e. The summed E-state index contributed by atoms with van der Waals surface area (Å²) < 4.78 is 56.9. The lowest BCUT2D eigenvalue weighted by molar-refractivity contribution is -0.276. The Kier molecular flexibility index (Phi) is 4.11. The first-order chi connectivity index (χ1) is 7.91. The van der Waals surface area contributed by atoms with Crippen molar-refractivity contribution in [1.82, 2.24) is 4.98 Å². The largest absolute Gasteiger partial charge is 0.574 e. The first-order valence-electron chi connectivity index (χ1n) is 4.40. The number of hydrogen-bond donors (Lipinski definition) is 1. The SMILES string of the molecule is COc1c(CF)cc(CO)nc1OC(F)(F)F.